The Morgan fingerprint density at radius 3 is 2.33 bits per heavy atom. The van der Waals surface area contributed by atoms with E-state index >= 15 is 0 Å². The summed E-state index contributed by atoms with van der Waals surface area (Å²) in [4.78, 5) is 7.77. The molecule has 0 aliphatic carbocycles. The van der Waals surface area contributed by atoms with Gasteiger partial charge in [0, 0.05) is 24.6 Å². The summed E-state index contributed by atoms with van der Waals surface area (Å²) in [5.41, 5.74) is 2.14. The van der Waals surface area contributed by atoms with E-state index in [4.69, 9.17) is 0 Å². The van der Waals surface area contributed by atoms with E-state index in [1.165, 1.54) is 0 Å². The summed E-state index contributed by atoms with van der Waals surface area (Å²) in [5, 5.41) is 7.35. The molecule has 0 unspecified atom stereocenters. The number of hydrogen-bond donors (Lipinski definition) is 0. The van der Waals surface area contributed by atoms with Crippen LogP contribution in [0.15, 0.2) is 20.2 Å². The summed E-state index contributed by atoms with van der Waals surface area (Å²) in [6.07, 6.45) is 4.52. The first-order valence-electron chi connectivity index (χ1n) is 3.85. The molecule has 2 heterocycles. The molecule has 0 aromatic heterocycles. The Balaban J connectivity index is 0.000000120. The molecule has 64 valence electrons. The molecule has 0 aromatic carbocycles. The van der Waals surface area contributed by atoms with E-state index in [0.717, 1.165) is 17.8 Å². The fraction of sp³-hybridized carbons (Fsp3) is 0.500. The fourth-order valence-electron chi connectivity index (χ4n) is 0.719. The Morgan fingerprint density at radius 1 is 1.33 bits per heavy atom. The highest BCUT2D eigenvalue weighted by molar-refractivity contribution is 6.30. The van der Waals surface area contributed by atoms with E-state index in [2.05, 4.69) is 20.2 Å². The molecule has 12 heavy (non-hydrogen) atoms. The Morgan fingerprint density at radius 2 is 2.17 bits per heavy atom. The van der Waals surface area contributed by atoms with E-state index in [-0.39, 0.29) is 0 Å². The number of hydrogen-bond acceptors (Lipinski definition) is 4. The average Bonchev–Trinajstić information content (AvgIpc) is 2.63. The van der Waals surface area contributed by atoms with Crippen LogP contribution in [0.25, 0.3) is 0 Å². The van der Waals surface area contributed by atoms with Gasteiger partial charge in [-0.05, 0) is 13.8 Å². The molecule has 0 saturated heterocycles. The van der Waals surface area contributed by atoms with Crippen molar-refractivity contribution in [3.8, 4) is 0 Å². The van der Waals surface area contributed by atoms with Gasteiger partial charge in [0.15, 0.2) is 0 Å². The predicted octanol–water partition coefficient (Wildman–Crippen LogP) is 1.33. The highest BCUT2D eigenvalue weighted by Gasteiger charge is 1.90. The van der Waals surface area contributed by atoms with E-state index in [0.29, 0.717) is 6.67 Å². The first kappa shape index (κ1) is 8.77. The van der Waals surface area contributed by atoms with Crippen LogP contribution in [-0.4, -0.2) is 30.5 Å². The van der Waals surface area contributed by atoms with Crippen molar-refractivity contribution in [2.24, 2.45) is 20.2 Å². The lowest BCUT2D eigenvalue weighted by atomic mass is 10.3. The molecule has 0 spiro atoms. The molecule has 2 rings (SSSR count). The van der Waals surface area contributed by atoms with Crippen LogP contribution in [0.1, 0.15) is 20.3 Å². The smallest absolute Gasteiger partial charge is 0.129 e. The summed E-state index contributed by atoms with van der Waals surface area (Å²) in [6, 6.07) is 0. The van der Waals surface area contributed by atoms with Crippen LogP contribution in [-0.2, 0) is 0 Å². The fourth-order valence-corrected chi connectivity index (χ4v) is 0.719. The largest absolute Gasteiger partial charge is 0.268 e. The van der Waals surface area contributed by atoms with Crippen LogP contribution in [0.2, 0.25) is 0 Å². The second kappa shape index (κ2) is 4.54. The third kappa shape index (κ3) is 3.18. The lowest BCUT2D eigenvalue weighted by molar-refractivity contribution is 1.10. The maximum atomic E-state index is 3.93. The van der Waals surface area contributed by atoms with Crippen LogP contribution in [0.5, 0.6) is 0 Å². The highest BCUT2D eigenvalue weighted by Crippen LogP contribution is 1.90. The lowest BCUT2D eigenvalue weighted by Gasteiger charge is -1.73. The summed E-state index contributed by atoms with van der Waals surface area (Å²) in [7, 11) is 0. The molecular weight excluding hydrogens is 152 g/mol. The van der Waals surface area contributed by atoms with E-state index in [9.17, 15) is 0 Å². The van der Waals surface area contributed by atoms with Crippen molar-refractivity contribution in [1.29, 1.82) is 0 Å². The quantitative estimate of drug-likeness (QED) is 0.518. The van der Waals surface area contributed by atoms with Gasteiger partial charge in [-0.3, -0.25) is 9.98 Å². The van der Waals surface area contributed by atoms with Gasteiger partial charge in [-0.25, -0.2) is 0 Å². The van der Waals surface area contributed by atoms with E-state index < -0.39 is 0 Å². The third-order valence-electron chi connectivity index (χ3n) is 1.38. The summed E-state index contributed by atoms with van der Waals surface area (Å²) in [6.45, 7) is 4.55. The van der Waals surface area contributed by atoms with Gasteiger partial charge < -0.3 is 0 Å². The van der Waals surface area contributed by atoms with Crippen molar-refractivity contribution in [2.75, 3.05) is 6.67 Å². The van der Waals surface area contributed by atoms with Crippen LogP contribution < -0.4 is 0 Å². The molecule has 0 fully saturated rings. The normalized spacial score (nSPS) is 18.5. The van der Waals surface area contributed by atoms with Crippen molar-refractivity contribution in [3.63, 3.8) is 0 Å². The number of aliphatic imine (C=N–C) groups is 2. The van der Waals surface area contributed by atoms with Gasteiger partial charge in [0.2, 0.25) is 0 Å². The number of nitrogens with zero attached hydrogens (tertiary/aromatic N) is 4. The molecule has 0 atom stereocenters. The van der Waals surface area contributed by atoms with Gasteiger partial charge in [-0.15, -0.1) is 0 Å². The average molecular weight is 164 g/mol. The Labute approximate surface area is 71.8 Å². The van der Waals surface area contributed by atoms with E-state index in [1.807, 2.05) is 13.8 Å². The molecule has 4 nitrogen and oxygen atoms in total. The minimum atomic E-state index is 0.645. The van der Waals surface area contributed by atoms with Gasteiger partial charge >= 0.3 is 0 Å². The van der Waals surface area contributed by atoms with Crippen LogP contribution in [0.4, 0.5) is 0 Å². The van der Waals surface area contributed by atoms with Crippen molar-refractivity contribution >= 4 is 23.9 Å². The van der Waals surface area contributed by atoms with Crippen molar-refractivity contribution in [3.05, 3.63) is 0 Å². The van der Waals surface area contributed by atoms with Crippen molar-refractivity contribution < 1.29 is 0 Å². The molecule has 4 heteroatoms. The third-order valence-corrected chi connectivity index (χ3v) is 1.38. The Hall–Kier alpha value is -1.32. The topological polar surface area (TPSA) is 49.4 Å². The SMILES string of the molecule is CC1=NCN=C1.CC1=NN=CC1. The van der Waals surface area contributed by atoms with Crippen molar-refractivity contribution in [2.45, 2.75) is 20.3 Å². The molecule has 2 aliphatic heterocycles. The molecule has 0 saturated carbocycles. The second-order valence-electron chi connectivity index (χ2n) is 2.59. The molecule has 0 radical (unpaired) electrons. The maximum Gasteiger partial charge on any atom is 0.129 e. The summed E-state index contributed by atoms with van der Waals surface area (Å²) >= 11 is 0. The first-order valence-corrected chi connectivity index (χ1v) is 3.85. The highest BCUT2D eigenvalue weighted by atomic mass is 15.2. The monoisotopic (exact) mass is 164 g/mol. The minimum absolute atomic E-state index is 0.645. The maximum absolute atomic E-state index is 3.93. The Bertz CT molecular complexity index is 257. The van der Waals surface area contributed by atoms with Gasteiger partial charge in [0.1, 0.15) is 6.67 Å². The second-order valence-corrected chi connectivity index (χ2v) is 2.59. The van der Waals surface area contributed by atoms with Crippen LogP contribution >= 0.6 is 0 Å². The van der Waals surface area contributed by atoms with E-state index in [1.54, 1.807) is 12.4 Å². The molecule has 0 amide bonds. The molecular formula is C8H12N4. The molecule has 0 aromatic rings. The summed E-state index contributed by atoms with van der Waals surface area (Å²) < 4.78 is 0. The van der Waals surface area contributed by atoms with Gasteiger partial charge in [-0.1, -0.05) is 0 Å². The zero-order valence-corrected chi connectivity index (χ0v) is 7.36. The van der Waals surface area contributed by atoms with Gasteiger partial charge in [0.25, 0.3) is 0 Å². The number of rotatable bonds is 0. The van der Waals surface area contributed by atoms with Gasteiger partial charge in [0.05, 0.1) is 5.71 Å². The lowest BCUT2D eigenvalue weighted by Crippen LogP contribution is -1.82. The standard InChI is InChI=1S/2C4H6N2/c1-4-2-5-3-6-4;1-4-2-3-5-6-4/h2H,3H2,1H3;3H,2H2,1H3. The van der Waals surface area contributed by atoms with Crippen LogP contribution in [0.3, 0.4) is 0 Å². The summed E-state index contributed by atoms with van der Waals surface area (Å²) in [5.74, 6) is 0. The zero-order chi connectivity index (χ0) is 8.81. The predicted molar refractivity (Wildman–Crippen MR) is 52.7 cm³/mol. The minimum Gasteiger partial charge on any atom is -0.268 e. The van der Waals surface area contributed by atoms with Crippen LogP contribution in [0, 0.1) is 0 Å². The Kier molecular flexibility index (Phi) is 3.32. The molecule has 2 aliphatic rings. The van der Waals surface area contributed by atoms with Crippen molar-refractivity contribution in [1.82, 2.24) is 0 Å². The zero-order valence-electron chi connectivity index (χ0n) is 7.36. The molecule has 0 N–H and O–H groups in total. The molecule has 0 bridgehead atoms. The van der Waals surface area contributed by atoms with Gasteiger partial charge in [-0.2, -0.15) is 10.2 Å². The first-order chi connectivity index (χ1) is 5.79.